The van der Waals surface area contributed by atoms with E-state index in [-0.39, 0.29) is 0 Å². The van der Waals surface area contributed by atoms with Crippen molar-refractivity contribution in [2.75, 3.05) is 0 Å². The van der Waals surface area contributed by atoms with Crippen LogP contribution in [0.4, 0.5) is 0 Å². The molecule has 5 N–H and O–H groups in total. The van der Waals surface area contributed by atoms with Crippen molar-refractivity contribution in [2.45, 2.75) is 25.0 Å². The Balaban J connectivity index is 4.55. The van der Waals surface area contributed by atoms with Gasteiger partial charge in [0.05, 0.1) is 12.5 Å². The summed E-state index contributed by atoms with van der Waals surface area (Å²) in [5, 5.41) is 16.8. The Bertz CT molecular complexity index is 363. The maximum absolute atomic E-state index is 10.3. The predicted octanol–water partition coefficient (Wildman–Crippen LogP) is -1.55. The average molecular weight is 257 g/mol. The number of aliphatic carboxylic acids is 2. The van der Waals surface area contributed by atoms with Crippen molar-refractivity contribution in [3.63, 3.8) is 0 Å². The SMILES string of the molecule is N[C@@H](C[C@H](CC(=O)O)OS(=O)(=O)O)C(=O)O. The first-order valence-electron chi connectivity index (χ1n) is 3.97. The van der Waals surface area contributed by atoms with Gasteiger partial charge in [-0.2, -0.15) is 8.42 Å². The van der Waals surface area contributed by atoms with Crippen LogP contribution in [0, 0.1) is 0 Å². The normalized spacial score (nSPS) is 15.4. The van der Waals surface area contributed by atoms with E-state index in [1.54, 1.807) is 0 Å². The molecule has 0 amide bonds. The summed E-state index contributed by atoms with van der Waals surface area (Å²) < 4.78 is 32.9. The summed E-state index contributed by atoms with van der Waals surface area (Å²) in [4.78, 5) is 20.6. The van der Waals surface area contributed by atoms with E-state index in [0.29, 0.717) is 0 Å². The molecule has 0 spiro atoms. The molecule has 0 aromatic carbocycles. The van der Waals surface area contributed by atoms with Crippen LogP contribution in [0.15, 0.2) is 0 Å². The van der Waals surface area contributed by atoms with Gasteiger partial charge in [0, 0.05) is 6.42 Å². The Labute approximate surface area is 90.8 Å². The molecule has 0 rings (SSSR count). The third kappa shape index (κ3) is 7.11. The first-order chi connectivity index (χ1) is 7.11. The van der Waals surface area contributed by atoms with Crippen LogP contribution in [0.5, 0.6) is 0 Å². The summed E-state index contributed by atoms with van der Waals surface area (Å²) in [5.41, 5.74) is 5.06. The minimum Gasteiger partial charge on any atom is -0.481 e. The second kappa shape index (κ2) is 5.75. The molecule has 9 nitrogen and oxygen atoms in total. The molecular formula is C6H11NO8S. The van der Waals surface area contributed by atoms with Crippen LogP contribution in [0.1, 0.15) is 12.8 Å². The molecule has 0 aromatic heterocycles. The van der Waals surface area contributed by atoms with Crippen LogP contribution in [-0.2, 0) is 24.2 Å². The number of carbonyl (C=O) groups is 2. The van der Waals surface area contributed by atoms with Gasteiger partial charge < -0.3 is 15.9 Å². The summed E-state index contributed by atoms with van der Waals surface area (Å²) >= 11 is 0. The second-order valence-electron chi connectivity index (χ2n) is 2.92. The molecule has 0 radical (unpaired) electrons. The smallest absolute Gasteiger partial charge is 0.397 e. The van der Waals surface area contributed by atoms with E-state index in [1.807, 2.05) is 0 Å². The molecule has 0 aromatic rings. The Kier molecular flexibility index (Phi) is 5.30. The van der Waals surface area contributed by atoms with Gasteiger partial charge in [-0.1, -0.05) is 0 Å². The molecule has 10 heteroatoms. The zero-order chi connectivity index (χ0) is 12.9. The predicted molar refractivity (Wildman–Crippen MR) is 48.9 cm³/mol. The number of carboxylic acids is 2. The van der Waals surface area contributed by atoms with E-state index >= 15 is 0 Å². The van der Waals surface area contributed by atoms with E-state index in [1.165, 1.54) is 0 Å². The van der Waals surface area contributed by atoms with Crippen molar-refractivity contribution in [3.05, 3.63) is 0 Å². The third-order valence-electron chi connectivity index (χ3n) is 1.49. The zero-order valence-electron chi connectivity index (χ0n) is 7.94. The maximum atomic E-state index is 10.3. The molecule has 16 heavy (non-hydrogen) atoms. The van der Waals surface area contributed by atoms with Crippen molar-refractivity contribution in [2.24, 2.45) is 5.73 Å². The van der Waals surface area contributed by atoms with Crippen molar-refractivity contribution in [1.29, 1.82) is 0 Å². The lowest BCUT2D eigenvalue weighted by Crippen LogP contribution is -2.36. The van der Waals surface area contributed by atoms with Gasteiger partial charge in [0.15, 0.2) is 0 Å². The molecule has 2 atom stereocenters. The summed E-state index contributed by atoms with van der Waals surface area (Å²) in [5.74, 6) is -2.85. The lowest BCUT2D eigenvalue weighted by atomic mass is 10.1. The molecule has 0 aliphatic heterocycles. The number of hydrogen-bond donors (Lipinski definition) is 4. The average Bonchev–Trinajstić information content (AvgIpc) is 1.98. The topological polar surface area (TPSA) is 164 Å². The Morgan fingerprint density at radius 2 is 1.81 bits per heavy atom. The fourth-order valence-corrected chi connectivity index (χ4v) is 1.40. The van der Waals surface area contributed by atoms with Crippen molar-refractivity contribution >= 4 is 22.3 Å². The summed E-state index contributed by atoms with van der Waals surface area (Å²) in [7, 11) is -4.85. The van der Waals surface area contributed by atoms with Crippen LogP contribution in [0.3, 0.4) is 0 Å². The summed E-state index contributed by atoms with van der Waals surface area (Å²) in [6.45, 7) is 0. The fraction of sp³-hybridized carbons (Fsp3) is 0.667. The van der Waals surface area contributed by atoms with E-state index in [0.717, 1.165) is 0 Å². The Morgan fingerprint density at radius 3 is 2.12 bits per heavy atom. The van der Waals surface area contributed by atoms with Gasteiger partial charge in [0.25, 0.3) is 0 Å². The van der Waals surface area contributed by atoms with Crippen LogP contribution in [0.25, 0.3) is 0 Å². The first-order valence-corrected chi connectivity index (χ1v) is 5.34. The summed E-state index contributed by atoms with van der Waals surface area (Å²) in [6, 6.07) is -1.48. The van der Waals surface area contributed by atoms with E-state index in [9.17, 15) is 18.0 Å². The molecule has 0 fully saturated rings. The van der Waals surface area contributed by atoms with Gasteiger partial charge in [-0.15, -0.1) is 0 Å². The quantitative estimate of drug-likeness (QED) is 0.395. The van der Waals surface area contributed by atoms with Gasteiger partial charge >= 0.3 is 22.3 Å². The Hall–Kier alpha value is -1.23. The minimum absolute atomic E-state index is 0.554. The van der Waals surface area contributed by atoms with Gasteiger partial charge in [-0.3, -0.25) is 14.1 Å². The molecule has 0 saturated carbocycles. The molecule has 0 saturated heterocycles. The third-order valence-corrected chi connectivity index (χ3v) is 2.01. The van der Waals surface area contributed by atoms with Crippen molar-refractivity contribution < 1.29 is 37.0 Å². The number of rotatable bonds is 7. The van der Waals surface area contributed by atoms with Gasteiger partial charge in [-0.25, -0.2) is 4.18 Å². The largest absolute Gasteiger partial charge is 0.481 e. The highest BCUT2D eigenvalue weighted by Crippen LogP contribution is 2.09. The molecule has 0 aliphatic rings. The Morgan fingerprint density at radius 1 is 1.31 bits per heavy atom. The van der Waals surface area contributed by atoms with Gasteiger partial charge in [-0.05, 0) is 0 Å². The van der Waals surface area contributed by atoms with E-state index in [4.69, 9.17) is 20.5 Å². The van der Waals surface area contributed by atoms with E-state index < -0.39 is 47.3 Å². The van der Waals surface area contributed by atoms with Gasteiger partial charge in [0.1, 0.15) is 6.04 Å². The molecule has 0 bridgehead atoms. The monoisotopic (exact) mass is 257 g/mol. The minimum atomic E-state index is -4.85. The van der Waals surface area contributed by atoms with Crippen LogP contribution in [0.2, 0.25) is 0 Å². The zero-order valence-corrected chi connectivity index (χ0v) is 8.75. The van der Waals surface area contributed by atoms with Crippen LogP contribution < -0.4 is 5.73 Å². The van der Waals surface area contributed by atoms with Crippen LogP contribution in [-0.4, -0.2) is 47.3 Å². The van der Waals surface area contributed by atoms with Crippen molar-refractivity contribution in [3.8, 4) is 0 Å². The molecular weight excluding hydrogens is 246 g/mol. The highest BCUT2D eigenvalue weighted by atomic mass is 32.3. The summed E-state index contributed by atoms with van der Waals surface area (Å²) in [6.07, 6.45) is -2.87. The number of hydrogen-bond acceptors (Lipinski definition) is 6. The molecule has 0 aliphatic carbocycles. The standard InChI is InChI=1S/C6H11NO8S/c7-4(6(10)11)1-3(2-5(8)9)15-16(12,13)14/h3-4H,1-2,7H2,(H,8,9)(H,10,11)(H,12,13,14)/t3-,4+/m1/s1. The lowest BCUT2D eigenvalue weighted by molar-refractivity contribution is -0.142. The molecule has 0 heterocycles. The lowest BCUT2D eigenvalue weighted by Gasteiger charge is -2.15. The maximum Gasteiger partial charge on any atom is 0.397 e. The van der Waals surface area contributed by atoms with Crippen molar-refractivity contribution in [1.82, 2.24) is 0 Å². The highest BCUT2D eigenvalue weighted by molar-refractivity contribution is 7.80. The number of carboxylic acid groups (broad SMARTS) is 2. The van der Waals surface area contributed by atoms with Crippen LogP contribution >= 0.6 is 0 Å². The highest BCUT2D eigenvalue weighted by Gasteiger charge is 2.25. The number of nitrogens with two attached hydrogens (primary N) is 1. The van der Waals surface area contributed by atoms with E-state index in [2.05, 4.69) is 4.18 Å². The fourth-order valence-electron chi connectivity index (χ4n) is 0.907. The first kappa shape index (κ1) is 14.8. The van der Waals surface area contributed by atoms with Gasteiger partial charge in [0.2, 0.25) is 0 Å². The second-order valence-corrected chi connectivity index (χ2v) is 3.97. The molecule has 94 valence electrons. The molecule has 0 unspecified atom stereocenters.